The average Bonchev–Trinajstić information content (AvgIpc) is 4.23. The highest BCUT2D eigenvalue weighted by Crippen LogP contribution is 2.68. The van der Waals surface area contributed by atoms with Gasteiger partial charge in [0.2, 0.25) is 23.6 Å². The van der Waals surface area contributed by atoms with Gasteiger partial charge < -0.3 is 71.0 Å². The van der Waals surface area contributed by atoms with Crippen molar-refractivity contribution >= 4 is 90.9 Å². The van der Waals surface area contributed by atoms with Crippen LogP contribution in [0.25, 0.3) is 33.5 Å². The number of fused-ring (bicyclic) bond motifs is 3. The summed E-state index contributed by atoms with van der Waals surface area (Å²) in [6.07, 6.45) is -13.8. The summed E-state index contributed by atoms with van der Waals surface area (Å²) in [6, 6.07) is 0. The standard InChI is InChI=1S/C36H50N17O23P3S/c1-49(2)17(54)5-13-15(72-32(21(13)55)53-12-50(3)20-29(53)46-36(39)48-31(20)59)7-69-77(60,61)75-79(64,65)76-78(62,63)70-8-16-24(25(68-4)34(73-16)51-10-42-18-26(37)40-9-41-27(18)51)74-80(66,67)44-6-14-22(56)23(57)33(71-14)52-11-43-19-28(52)45-35(38)47-30(19)58/h9-16,21-25,32-34,44,55-57H,5-8H2,1-4H3,(H10-,37,38,39,40,41,45,46,47,48,58,59,60,61,62,63,64,65)/p+1/t13-,14-,15-,16-,21-,22-,23-,24-,25-,32-,33-,34-/m1/s1. The van der Waals surface area contributed by atoms with E-state index in [9.17, 15) is 66.5 Å². The molecule has 6 aromatic heterocycles. The molecular formula is C36H51N17O23P3S+. The Balaban J connectivity index is 0.880. The summed E-state index contributed by atoms with van der Waals surface area (Å²) in [5.74, 6) is -2.51. The quantitative estimate of drug-likeness (QED) is 0.0237. The number of amides is 1. The summed E-state index contributed by atoms with van der Waals surface area (Å²) in [7, 11) is -17.8. The number of carbonyl (C=O) groups excluding carboxylic acids is 1. The predicted molar refractivity (Wildman–Crippen MR) is 261 cm³/mol. The Kier molecular flexibility index (Phi) is 16.2. The molecule has 3 fully saturated rings. The predicted octanol–water partition coefficient (Wildman–Crippen LogP) is -5.26. The van der Waals surface area contributed by atoms with Gasteiger partial charge in [-0.3, -0.25) is 47.1 Å². The number of aromatic amines is 2. The summed E-state index contributed by atoms with van der Waals surface area (Å²) in [5, 5.41) is 33.3. The number of hydrogen-bond donors (Lipinski definition) is 12. The van der Waals surface area contributed by atoms with Gasteiger partial charge in [0.05, 0.1) is 39.0 Å². The third-order valence-electron chi connectivity index (χ3n) is 12.7. The number of aryl methyl sites for hydroxylation is 1. The second-order valence-corrected chi connectivity index (χ2v) is 24.2. The lowest BCUT2D eigenvalue weighted by Gasteiger charge is -2.24. The number of H-pyrrole nitrogens is 2. The van der Waals surface area contributed by atoms with Gasteiger partial charge in [0.15, 0.2) is 41.4 Å². The zero-order chi connectivity index (χ0) is 58.1. The average molecular weight is 1210 g/mol. The van der Waals surface area contributed by atoms with Crippen molar-refractivity contribution < 1.29 is 102 Å². The first-order chi connectivity index (χ1) is 37.5. The molecule has 9 rings (SSSR count). The van der Waals surface area contributed by atoms with E-state index in [-0.39, 0.29) is 51.2 Å². The smallest absolute Gasteiger partial charge is 0.387 e. The number of aliphatic hydroxyl groups excluding tert-OH is 3. The maximum atomic E-state index is 13.7. The van der Waals surface area contributed by atoms with Crippen LogP contribution in [-0.4, -0.2) is 193 Å². The van der Waals surface area contributed by atoms with E-state index in [0.717, 1.165) is 30.7 Å². The molecule has 0 bridgehead atoms. The minimum atomic E-state index is -6.24. The van der Waals surface area contributed by atoms with E-state index in [1.165, 1.54) is 46.1 Å². The number of nitrogen functional groups attached to an aromatic ring is 3. The minimum Gasteiger partial charge on any atom is -0.387 e. The molecule has 44 heteroatoms. The van der Waals surface area contributed by atoms with Gasteiger partial charge in [-0.1, -0.05) is 4.98 Å². The van der Waals surface area contributed by atoms with Crippen LogP contribution in [0.3, 0.4) is 0 Å². The number of hydrogen-bond acceptors (Lipinski definition) is 29. The van der Waals surface area contributed by atoms with Crippen LogP contribution in [0.1, 0.15) is 25.1 Å². The molecule has 3 aliphatic heterocycles. The SMILES string of the molecule is CO[C@@H]1[C@H](OS(=O)(=O)NC[C@H]2O[C@@H](n3cnc4c(=O)[nH]c(N)nc43)[C@H](O)[C@@H]2O)[C@@H](COP(=O)(O)OP(=O)(O)OP(=O)(O)OC[C@H]2O[C@@H]([n+]3cn(C)c4c(=O)[nH]c(N)nc43)[C@H](O)[C@@H]2CC(=O)N(C)C)O[C@H]1n1cnc2c(N)ncnc21. The molecule has 40 nitrogen and oxygen atoms in total. The Morgan fingerprint density at radius 3 is 2.08 bits per heavy atom. The third-order valence-corrected chi connectivity index (χ3v) is 17.9. The Morgan fingerprint density at radius 1 is 0.800 bits per heavy atom. The van der Waals surface area contributed by atoms with Gasteiger partial charge in [0.1, 0.15) is 54.6 Å². The fraction of sp³-hybridized carbons (Fsp3) is 0.556. The van der Waals surface area contributed by atoms with Gasteiger partial charge in [-0.2, -0.15) is 26.7 Å². The number of imidazole rings is 3. The number of phosphoric acid groups is 3. The number of nitrogens with one attached hydrogen (secondary N) is 3. The summed E-state index contributed by atoms with van der Waals surface area (Å²) >= 11 is 0. The van der Waals surface area contributed by atoms with E-state index in [1.807, 2.05) is 4.72 Å². The molecule has 80 heavy (non-hydrogen) atoms. The van der Waals surface area contributed by atoms with Crippen molar-refractivity contribution in [1.29, 1.82) is 0 Å². The van der Waals surface area contributed by atoms with Crippen molar-refractivity contribution in [3.05, 3.63) is 46.0 Å². The normalized spacial score (nSPS) is 28.6. The van der Waals surface area contributed by atoms with E-state index in [1.54, 1.807) is 0 Å². The Bertz CT molecular complexity index is 3730. The van der Waals surface area contributed by atoms with Crippen molar-refractivity contribution in [2.45, 2.75) is 73.9 Å². The van der Waals surface area contributed by atoms with Crippen molar-refractivity contribution in [3.8, 4) is 0 Å². The van der Waals surface area contributed by atoms with Crippen LogP contribution in [0, 0.1) is 5.92 Å². The molecule has 0 aromatic carbocycles. The number of methoxy groups -OCH3 is 1. The summed E-state index contributed by atoms with van der Waals surface area (Å²) in [5.41, 5.74) is 15.6. The van der Waals surface area contributed by atoms with Gasteiger partial charge in [-0.15, -0.1) is 0 Å². The van der Waals surface area contributed by atoms with Crippen LogP contribution in [0.2, 0.25) is 0 Å². The van der Waals surface area contributed by atoms with Gasteiger partial charge in [-0.25, -0.2) is 42.4 Å². The highest BCUT2D eigenvalue weighted by Gasteiger charge is 2.53. The van der Waals surface area contributed by atoms with E-state index in [0.29, 0.717) is 0 Å². The number of rotatable bonds is 21. The van der Waals surface area contributed by atoms with Crippen molar-refractivity contribution in [1.82, 2.24) is 63.2 Å². The first kappa shape index (κ1) is 58.8. The molecular weight excluding hydrogens is 1160 g/mol. The molecule has 3 saturated heterocycles. The molecule has 0 aliphatic carbocycles. The molecule has 0 radical (unpaired) electrons. The van der Waals surface area contributed by atoms with E-state index < -0.39 is 150 Å². The fourth-order valence-corrected chi connectivity index (χ4v) is 13.5. The maximum Gasteiger partial charge on any atom is 0.490 e. The molecule has 9 heterocycles. The minimum absolute atomic E-state index is 0.00200. The van der Waals surface area contributed by atoms with Crippen LogP contribution in [-0.2, 0) is 76.6 Å². The fourth-order valence-electron chi connectivity index (χ4n) is 9.05. The van der Waals surface area contributed by atoms with E-state index in [4.69, 9.17) is 49.4 Å². The second-order valence-electron chi connectivity index (χ2n) is 18.2. The number of aliphatic hydroxyl groups is 3. The topological polar surface area (TPSA) is 562 Å². The monoisotopic (exact) mass is 1210 g/mol. The van der Waals surface area contributed by atoms with Crippen LogP contribution >= 0.6 is 23.5 Å². The Labute approximate surface area is 446 Å². The molecule has 15 atom stereocenters. The lowest BCUT2D eigenvalue weighted by atomic mass is 9.94. The molecule has 1 amide bonds. The van der Waals surface area contributed by atoms with Crippen molar-refractivity contribution in [3.63, 3.8) is 0 Å². The maximum absolute atomic E-state index is 13.7. The molecule has 0 spiro atoms. The lowest BCUT2D eigenvalue weighted by Crippen LogP contribution is -2.45. The van der Waals surface area contributed by atoms with Gasteiger partial charge in [0.25, 0.3) is 17.1 Å². The van der Waals surface area contributed by atoms with Gasteiger partial charge in [-0.05, 0) is 0 Å². The van der Waals surface area contributed by atoms with E-state index in [2.05, 4.69) is 48.5 Å². The number of ether oxygens (including phenoxy) is 4. The van der Waals surface area contributed by atoms with Crippen LogP contribution < -0.4 is 37.6 Å². The number of carbonyl (C=O) groups is 1. The summed E-state index contributed by atoms with van der Waals surface area (Å²) in [6.45, 7) is -3.15. The summed E-state index contributed by atoms with van der Waals surface area (Å²) in [4.78, 5) is 99.6. The highest BCUT2D eigenvalue weighted by atomic mass is 32.2. The third kappa shape index (κ3) is 11.9. The molecule has 15 N–H and O–H groups in total. The second kappa shape index (κ2) is 22.1. The number of nitrogens with zero attached hydrogens (tertiary/aromatic N) is 11. The van der Waals surface area contributed by atoms with Crippen molar-refractivity contribution in [2.24, 2.45) is 13.0 Å². The lowest BCUT2D eigenvalue weighted by molar-refractivity contribution is -0.745. The molecule has 6 aromatic rings. The molecule has 3 aliphatic rings. The van der Waals surface area contributed by atoms with Crippen molar-refractivity contribution in [2.75, 3.05) is 58.2 Å². The van der Waals surface area contributed by atoms with Crippen LogP contribution in [0.4, 0.5) is 17.7 Å². The first-order valence-electron chi connectivity index (χ1n) is 23.0. The largest absolute Gasteiger partial charge is 0.490 e. The van der Waals surface area contributed by atoms with Gasteiger partial charge in [0, 0.05) is 40.1 Å². The molecule has 438 valence electrons. The number of anilines is 3. The zero-order valence-corrected chi connectivity index (χ0v) is 45.1. The Morgan fingerprint density at radius 2 is 1.41 bits per heavy atom. The zero-order valence-electron chi connectivity index (χ0n) is 41.6. The van der Waals surface area contributed by atoms with Crippen LogP contribution in [0.5, 0.6) is 0 Å². The first-order valence-corrected chi connectivity index (χ1v) is 28.9. The molecule has 3 unspecified atom stereocenters. The molecule has 0 saturated carbocycles. The number of aromatic nitrogens is 12. The number of phosphoric ester groups is 2. The van der Waals surface area contributed by atoms with Gasteiger partial charge >= 0.3 is 39.4 Å². The highest BCUT2D eigenvalue weighted by molar-refractivity contribution is 7.84. The number of nitrogens with two attached hydrogens (primary N) is 3. The Hall–Kier alpha value is -5.88. The van der Waals surface area contributed by atoms with E-state index >= 15 is 0 Å². The summed E-state index contributed by atoms with van der Waals surface area (Å²) < 4.78 is 121. The van der Waals surface area contributed by atoms with Crippen LogP contribution in [0.15, 0.2) is 34.9 Å².